The van der Waals surface area contributed by atoms with Gasteiger partial charge in [0.2, 0.25) is 0 Å². The maximum absolute atomic E-state index is 12.5. The number of rotatable bonds is 3. The van der Waals surface area contributed by atoms with Crippen LogP contribution in [-0.4, -0.2) is 58.7 Å². The lowest BCUT2D eigenvalue weighted by Gasteiger charge is -2.33. The van der Waals surface area contributed by atoms with E-state index in [9.17, 15) is 8.42 Å². The van der Waals surface area contributed by atoms with E-state index in [0.717, 1.165) is 18.7 Å². The third-order valence-corrected chi connectivity index (χ3v) is 5.72. The first-order valence-corrected chi connectivity index (χ1v) is 8.39. The van der Waals surface area contributed by atoms with Gasteiger partial charge in [0.1, 0.15) is 12.5 Å². The van der Waals surface area contributed by atoms with Crippen molar-refractivity contribution in [1.29, 1.82) is 0 Å². The van der Waals surface area contributed by atoms with Gasteiger partial charge in [-0.2, -0.15) is 12.7 Å². The Morgan fingerprint density at radius 1 is 1.14 bits per heavy atom. The van der Waals surface area contributed by atoms with Gasteiger partial charge in [0.25, 0.3) is 0 Å². The molecule has 0 aromatic carbocycles. The van der Waals surface area contributed by atoms with Gasteiger partial charge in [-0.3, -0.25) is 0 Å². The highest BCUT2D eigenvalue weighted by Crippen LogP contribution is 2.28. The molecular weight excluding hydrogens is 290 g/mol. The lowest BCUT2D eigenvalue weighted by atomic mass is 9.97. The van der Waals surface area contributed by atoms with Crippen molar-refractivity contribution >= 4 is 10.2 Å². The van der Waals surface area contributed by atoms with Gasteiger partial charge in [-0.25, -0.2) is 14.3 Å². The summed E-state index contributed by atoms with van der Waals surface area (Å²) in [6.07, 6.45) is 8.36. The molecule has 0 spiro atoms. The Bertz CT molecular complexity index is 611. The summed E-state index contributed by atoms with van der Waals surface area (Å²) >= 11 is 0. The molecular formula is C13H19N5O2S. The average molecular weight is 309 g/mol. The van der Waals surface area contributed by atoms with Crippen LogP contribution in [-0.2, 0) is 10.2 Å². The van der Waals surface area contributed by atoms with Crippen molar-refractivity contribution < 1.29 is 8.42 Å². The van der Waals surface area contributed by atoms with Crippen LogP contribution in [0.3, 0.4) is 0 Å². The second-order valence-corrected chi connectivity index (χ2v) is 7.25. The Morgan fingerprint density at radius 3 is 2.38 bits per heavy atom. The van der Waals surface area contributed by atoms with Crippen LogP contribution in [0.1, 0.15) is 24.6 Å². The average Bonchev–Trinajstić information content (AvgIpc) is 2.96. The Hall–Kier alpha value is -1.67. The molecule has 1 saturated heterocycles. The van der Waals surface area contributed by atoms with Crippen molar-refractivity contribution in [3.8, 4) is 0 Å². The molecule has 0 atom stereocenters. The molecule has 1 aromatic rings. The highest BCUT2D eigenvalue weighted by Gasteiger charge is 2.34. The predicted octanol–water partition coefficient (Wildman–Crippen LogP) is 0.577. The highest BCUT2D eigenvalue weighted by atomic mass is 32.2. The standard InChI is InChI=1S/C13H19N5O2S/c1-16-9-10-18(11-16)21(19,20)17-7-3-12(4-8-17)13-14-5-2-6-15-13/h2,5-6,9-10,12H,3-4,7-8,11H2,1H3. The van der Waals surface area contributed by atoms with Gasteiger partial charge >= 0.3 is 10.2 Å². The zero-order chi connectivity index (χ0) is 14.9. The normalized spacial score (nSPS) is 21.2. The van der Waals surface area contributed by atoms with Gasteiger partial charge in [0, 0.05) is 50.8 Å². The Morgan fingerprint density at radius 2 is 1.81 bits per heavy atom. The van der Waals surface area contributed by atoms with Gasteiger partial charge in [-0.15, -0.1) is 0 Å². The van der Waals surface area contributed by atoms with Crippen LogP contribution in [0, 0.1) is 0 Å². The van der Waals surface area contributed by atoms with Gasteiger partial charge in [0.15, 0.2) is 0 Å². The van der Waals surface area contributed by atoms with Gasteiger partial charge in [-0.1, -0.05) is 0 Å². The maximum Gasteiger partial charge on any atom is 0.305 e. The maximum atomic E-state index is 12.5. The molecule has 1 fully saturated rings. The van der Waals surface area contributed by atoms with E-state index < -0.39 is 10.2 Å². The van der Waals surface area contributed by atoms with E-state index in [4.69, 9.17) is 0 Å². The fourth-order valence-electron chi connectivity index (χ4n) is 2.67. The fraction of sp³-hybridized carbons (Fsp3) is 0.538. The van der Waals surface area contributed by atoms with E-state index in [1.807, 2.05) is 11.9 Å². The number of hydrogen-bond donors (Lipinski definition) is 0. The van der Waals surface area contributed by atoms with Crippen molar-refractivity contribution in [2.24, 2.45) is 0 Å². The van der Waals surface area contributed by atoms with E-state index in [2.05, 4.69) is 9.97 Å². The number of nitrogens with zero attached hydrogens (tertiary/aromatic N) is 5. The highest BCUT2D eigenvalue weighted by molar-refractivity contribution is 7.86. The van der Waals surface area contributed by atoms with Crippen molar-refractivity contribution in [3.63, 3.8) is 0 Å². The summed E-state index contributed by atoms with van der Waals surface area (Å²) in [4.78, 5) is 10.4. The Balaban J connectivity index is 1.64. The molecule has 0 unspecified atom stereocenters. The van der Waals surface area contributed by atoms with E-state index in [1.165, 1.54) is 4.31 Å². The van der Waals surface area contributed by atoms with Crippen molar-refractivity contribution in [3.05, 3.63) is 36.7 Å². The van der Waals surface area contributed by atoms with Crippen molar-refractivity contribution in [2.45, 2.75) is 18.8 Å². The quantitative estimate of drug-likeness (QED) is 0.817. The lowest BCUT2D eigenvalue weighted by molar-refractivity contribution is 0.286. The molecule has 0 bridgehead atoms. The number of hydrogen-bond acceptors (Lipinski definition) is 5. The van der Waals surface area contributed by atoms with E-state index in [1.54, 1.807) is 35.2 Å². The third-order valence-electron chi connectivity index (χ3n) is 3.88. The van der Waals surface area contributed by atoms with Crippen LogP contribution in [0.4, 0.5) is 0 Å². The summed E-state index contributed by atoms with van der Waals surface area (Å²) in [5.74, 6) is 1.06. The summed E-state index contributed by atoms with van der Waals surface area (Å²) in [6.45, 7) is 1.41. The topological polar surface area (TPSA) is 69.6 Å². The van der Waals surface area contributed by atoms with Crippen LogP contribution in [0.25, 0.3) is 0 Å². The zero-order valence-corrected chi connectivity index (χ0v) is 12.8. The summed E-state index contributed by atoms with van der Waals surface area (Å²) in [5, 5.41) is 0. The smallest absolute Gasteiger partial charge is 0.305 e. The molecule has 7 nitrogen and oxygen atoms in total. The Labute approximate surface area is 125 Å². The molecule has 0 aliphatic carbocycles. The summed E-state index contributed by atoms with van der Waals surface area (Å²) in [7, 11) is -1.55. The second kappa shape index (κ2) is 5.61. The molecule has 2 aliphatic heterocycles. The first-order valence-electron chi connectivity index (χ1n) is 7.00. The third kappa shape index (κ3) is 2.86. The SMILES string of the molecule is CN1C=CN(S(=O)(=O)N2CCC(c3ncccn3)CC2)C1. The van der Waals surface area contributed by atoms with Gasteiger partial charge < -0.3 is 4.90 Å². The van der Waals surface area contributed by atoms with Crippen LogP contribution >= 0.6 is 0 Å². The molecule has 3 rings (SSSR count). The molecule has 3 heterocycles. The largest absolute Gasteiger partial charge is 0.361 e. The minimum absolute atomic E-state index is 0.245. The van der Waals surface area contributed by atoms with Gasteiger partial charge in [0.05, 0.1) is 0 Å². The van der Waals surface area contributed by atoms with Crippen LogP contribution in [0.5, 0.6) is 0 Å². The molecule has 8 heteroatoms. The molecule has 21 heavy (non-hydrogen) atoms. The van der Waals surface area contributed by atoms with E-state index in [0.29, 0.717) is 19.8 Å². The van der Waals surface area contributed by atoms with Crippen molar-refractivity contribution in [1.82, 2.24) is 23.5 Å². The predicted molar refractivity (Wildman–Crippen MR) is 78.1 cm³/mol. The number of piperidine rings is 1. The summed E-state index contributed by atoms with van der Waals surface area (Å²) in [5.41, 5.74) is 0. The lowest BCUT2D eigenvalue weighted by Crippen LogP contribution is -2.45. The molecule has 0 saturated carbocycles. The van der Waals surface area contributed by atoms with E-state index >= 15 is 0 Å². The molecule has 114 valence electrons. The number of aromatic nitrogens is 2. The Kier molecular flexibility index (Phi) is 3.81. The minimum atomic E-state index is -3.40. The monoisotopic (exact) mass is 309 g/mol. The van der Waals surface area contributed by atoms with Crippen molar-refractivity contribution in [2.75, 3.05) is 26.8 Å². The second-order valence-electron chi connectivity index (χ2n) is 5.37. The first kappa shape index (κ1) is 14.3. The summed E-state index contributed by atoms with van der Waals surface area (Å²) < 4.78 is 28.0. The van der Waals surface area contributed by atoms with Crippen LogP contribution in [0.15, 0.2) is 30.9 Å². The molecule has 1 aromatic heterocycles. The minimum Gasteiger partial charge on any atom is -0.361 e. The summed E-state index contributed by atoms with van der Waals surface area (Å²) in [6, 6.07) is 1.79. The van der Waals surface area contributed by atoms with Crippen LogP contribution < -0.4 is 0 Å². The fourth-order valence-corrected chi connectivity index (χ4v) is 4.17. The first-order chi connectivity index (χ1) is 10.1. The molecule has 2 aliphatic rings. The molecule has 0 amide bonds. The van der Waals surface area contributed by atoms with E-state index in [-0.39, 0.29) is 5.92 Å². The zero-order valence-electron chi connectivity index (χ0n) is 12.0. The molecule has 0 N–H and O–H groups in total. The van der Waals surface area contributed by atoms with Gasteiger partial charge in [-0.05, 0) is 18.9 Å². The van der Waals surface area contributed by atoms with Crippen LogP contribution in [0.2, 0.25) is 0 Å². The molecule has 0 radical (unpaired) electrons.